The van der Waals surface area contributed by atoms with Gasteiger partial charge in [0.15, 0.2) is 0 Å². The lowest BCUT2D eigenvalue weighted by Crippen LogP contribution is -2.29. The maximum Gasteiger partial charge on any atom is 0.293 e. The van der Waals surface area contributed by atoms with Crippen molar-refractivity contribution in [3.63, 3.8) is 0 Å². The molecule has 0 unspecified atom stereocenters. The predicted molar refractivity (Wildman–Crippen MR) is 109 cm³/mol. The molecule has 7 heteroatoms. The van der Waals surface area contributed by atoms with Gasteiger partial charge in [0, 0.05) is 37.3 Å². The van der Waals surface area contributed by atoms with Gasteiger partial charge in [-0.1, -0.05) is 0 Å². The van der Waals surface area contributed by atoms with Crippen molar-refractivity contribution >= 4 is 29.0 Å². The van der Waals surface area contributed by atoms with E-state index in [1.165, 1.54) is 4.90 Å². The van der Waals surface area contributed by atoms with Gasteiger partial charge >= 0.3 is 0 Å². The summed E-state index contributed by atoms with van der Waals surface area (Å²) in [7, 11) is 1.59. The van der Waals surface area contributed by atoms with Crippen molar-refractivity contribution < 1.29 is 14.3 Å². The van der Waals surface area contributed by atoms with E-state index in [4.69, 9.17) is 10.00 Å². The first-order valence-corrected chi connectivity index (χ1v) is 9.71. The molecule has 2 aromatic rings. The number of carbonyl (C=O) groups is 2. The number of amides is 2. The van der Waals surface area contributed by atoms with Crippen LogP contribution in [-0.4, -0.2) is 40.9 Å². The molecular formula is C21H21N3O3S. The second-order valence-electron chi connectivity index (χ2n) is 6.50. The smallest absolute Gasteiger partial charge is 0.293 e. The number of imide groups is 1. The van der Waals surface area contributed by atoms with Gasteiger partial charge in [-0.2, -0.15) is 5.26 Å². The van der Waals surface area contributed by atoms with Crippen LogP contribution in [0.1, 0.15) is 28.9 Å². The van der Waals surface area contributed by atoms with Gasteiger partial charge in [-0.05, 0) is 74.0 Å². The van der Waals surface area contributed by atoms with Crippen LogP contribution in [0.5, 0.6) is 0 Å². The molecule has 0 atom stereocenters. The Morgan fingerprint density at radius 1 is 1.21 bits per heavy atom. The van der Waals surface area contributed by atoms with Crippen LogP contribution in [0.2, 0.25) is 0 Å². The van der Waals surface area contributed by atoms with E-state index in [2.05, 4.69) is 10.6 Å². The van der Waals surface area contributed by atoms with E-state index < -0.39 is 0 Å². The molecule has 3 rings (SSSR count). The average molecular weight is 395 g/mol. The summed E-state index contributed by atoms with van der Waals surface area (Å²) in [4.78, 5) is 26.5. The molecule has 2 amide bonds. The third kappa shape index (κ3) is 3.88. The van der Waals surface area contributed by atoms with Crippen molar-refractivity contribution in [1.82, 2.24) is 9.47 Å². The van der Waals surface area contributed by atoms with Crippen LogP contribution in [0, 0.1) is 25.2 Å². The third-order valence-corrected chi connectivity index (χ3v) is 5.52. The molecule has 2 heterocycles. The van der Waals surface area contributed by atoms with E-state index >= 15 is 0 Å². The Bertz CT molecular complexity index is 984. The molecule has 0 radical (unpaired) electrons. The largest absolute Gasteiger partial charge is 0.385 e. The van der Waals surface area contributed by atoms with Crippen LogP contribution < -0.4 is 0 Å². The zero-order valence-electron chi connectivity index (χ0n) is 16.1. The van der Waals surface area contributed by atoms with Gasteiger partial charge in [0.25, 0.3) is 11.1 Å². The van der Waals surface area contributed by atoms with Gasteiger partial charge in [-0.15, -0.1) is 0 Å². The Balaban J connectivity index is 1.88. The molecule has 6 nitrogen and oxygen atoms in total. The quantitative estimate of drug-likeness (QED) is 0.545. The van der Waals surface area contributed by atoms with Crippen LogP contribution in [0.15, 0.2) is 35.2 Å². The highest BCUT2D eigenvalue weighted by Gasteiger charge is 2.34. The predicted octanol–water partition coefficient (Wildman–Crippen LogP) is 4.04. The summed E-state index contributed by atoms with van der Waals surface area (Å²) < 4.78 is 7.06. The fourth-order valence-electron chi connectivity index (χ4n) is 3.22. The normalized spacial score (nSPS) is 15.5. The lowest BCUT2D eigenvalue weighted by Gasteiger charge is -2.11. The topological polar surface area (TPSA) is 75.3 Å². The maximum absolute atomic E-state index is 12.6. The van der Waals surface area contributed by atoms with E-state index in [9.17, 15) is 9.59 Å². The fraction of sp³-hybridized carbons (Fsp3) is 0.286. The van der Waals surface area contributed by atoms with E-state index in [-0.39, 0.29) is 11.1 Å². The van der Waals surface area contributed by atoms with E-state index in [1.54, 1.807) is 25.3 Å². The van der Waals surface area contributed by atoms with Gasteiger partial charge < -0.3 is 9.30 Å². The van der Waals surface area contributed by atoms with Crippen LogP contribution in [0.4, 0.5) is 4.79 Å². The highest BCUT2D eigenvalue weighted by Crippen LogP contribution is 2.33. The lowest BCUT2D eigenvalue weighted by atomic mass is 10.2. The van der Waals surface area contributed by atoms with Crippen LogP contribution in [0.3, 0.4) is 0 Å². The number of ether oxygens (including phenoxy) is 1. The van der Waals surface area contributed by atoms with Gasteiger partial charge in [-0.3, -0.25) is 14.5 Å². The summed E-state index contributed by atoms with van der Waals surface area (Å²) in [6.07, 6.45) is 2.40. The van der Waals surface area contributed by atoms with E-state index in [1.807, 2.05) is 32.0 Å². The number of aryl methyl sites for hydroxylation is 1. The number of hydrogen-bond donors (Lipinski definition) is 0. The van der Waals surface area contributed by atoms with Crippen molar-refractivity contribution in [1.29, 1.82) is 5.26 Å². The summed E-state index contributed by atoms with van der Waals surface area (Å²) in [6, 6.07) is 11.5. The van der Waals surface area contributed by atoms with Crippen LogP contribution in [-0.2, 0) is 9.53 Å². The minimum atomic E-state index is -0.255. The first kappa shape index (κ1) is 19.9. The number of methoxy groups -OCH3 is 1. The number of hydrogen-bond acceptors (Lipinski definition) is 5. The number of thioether (sulfide) groups is 1. The minimum absolute atomic E-state index is 0.242. The standard InChI is InChI=1S/C21H21N3O3S/c1-14-11-17(15(2)24(14)18-7-5-16(13-22)6-8-18)12-19-20(25)23(21(26)28-19)9-4-10-27-3/h5-8,11-12H,4,9-10H2,1-3H3/b19-12+. The Kier molecular flexibility index (Phi) is 6.02. The molecule has 0 spiro atoms. The molecule has 0 aliphatic carbocycles. The van der Waals surface area contributed by atoms with Crippen molar-refractivity contribution in [3.05, 3.63) is 57.8 Å². The zero-order chi connectivity index (χ0) is 20.3. The molecule has 1 aromatic heterocycles. The lowest BCUT2D eigenvalue weighted by molar-refractivity contribution is -0.122. The average Bonchev–Trinajstić information content (AvgIpc) is 3.11. The molecule has 0 N–H and O–H groups in total. The number of carbonyl (C=O) groups excluding carboxylic acids is 2. The summed E-state index contributed by atoms with van der Waals surface area (Å²) in [5.41, 5.74) is 4.42. The molecule has 1 aromatic carbocycles. The van der Waals surface area contributed by atoms with Crippen LogP contribution >= 0.6 is 11.8 Å². The monoisotopic (exact) mass is 395 g/mol. The highest BCUT2D eigenvalue weighted by atomic mass is 32.2. The Morgan fingerprint density at radius 2 is 1.93 bits per heavy atom. The summed E-state index contributed by atoms with van der Waals surface area (Å²) >= 11 is 0.972. The van der Waals surface area contributed by atoms with Crippen molar-refractivity contribution in [2.45, 2.75) is 20.3 Å². The van der Waals surface area contributed by atoms with Crippen LogP contribution in [0.25, 0.3) is 11.8 Å². The summed E-state index contributed by atoms with van der Waals surface area (Å²) in [5, 5.41) is 8.73. The van der Waals surface area contributed by atoms with E-state index in [0.717, 1.165) is 34.4 Å². The molecule has 1 saturated heterocycles. The Morgan fingerprint density at radius 3 is 2.57 bits per heavy atom. The maximum atomic E-state index is 12.6. The zero-order valence-corrected chi connectivity index (χ0v) is 16.9. The fourth-order valence-corrected chi connectivity index (χ4v) is 4.07. The summed E-state index contributed by atoms with van der Waals surface area (Å²) in [5.74, 6) is -0.255. The first-order valence-electron chi connectivity index (χ1n) is 8.90. The number of rotatable bonds is 6. The van der Waals surface area contributed by atoms with Gasteiger partial charge in [0.2, 0.25) is 0 Å². The van der Waals surface area contributed by atoms with Crippen molar-refractivity contribution in [2.75, 3.05) is 20.3 Å². The molecular weight excluding hydrogens is 374 g/mol. The molecule has 1 aliphatic heterocycles. The van der Waals surface area contributed by atoms with Crippen molar-refractivity contribution in [3.8, 4) is 11.8 Å². The third-order valence-electron chi connectivity index (χ3n) is 4.62. The Hall–Kier alpha value is -2.82. The Labute approximate surface area is 168 Å². The van der Waals surface area contributed by atoms with Crippen molar-refractivity contribution in [2.24, 2.45) is 0 Å². The minimum Gasteiger partial charge on any atom is -0.385 e. The second-order valence-corrected chi connectivity index (χ2v) is 7.49. The molecule has 28 heavy (non-hydrogen) atoms. The van der Waals surface area contributed by atoms with Gasteiger partial charge in [0.1, 0.15) is 0 Å². The molecule has 1 aliphatic rings. The molecule has 0 saturated carbocycles. The number of nitrogens with zero attached hydrogens (tertiary/aromatic N) is 3. The molecule has 0 bridgehead atoms. The molecule has 144 valence electrons. The van der Waals surface area contributed by atoms with Gasteiger partial charge in [0.05, 0.1) is 16.5 Å². The first-order chi connectivity index (χ1) is 13.5. The second kappa shape index (κ2) is 8.46. The SMILES string of the molecule is COCCCN1C(=O)S/C(=C/c2cc(C)n(-c3ccc(C#N)cc3)c2C)C1=O. The summed E-state index contributed by atoms with van der Waals surface area (Å²) in [6.45, 7) is 4.82. The molecule has 1 fully saturated rings. The highest BCUT2D eigenvalue weighted by molar-refractivity contribution is 8.18. The number of aromatic nitrogens is 1. The number of benzene rings is 1. The van der Waals surface area contributed by atoms with Gasteiger partial charge in [-0.25, -0.2) is 0 Å². The number of nitriles is 1. The van der Waals surface area contributed by atoms with E-state index in [0.29, 0.717) is 30.0 Å².